The van der Waals surface area contributed by atoms with Gasteiger partial charge in [-0.3, -0.25) is 4.99 Å². The molecule has 0 radical (unpaired) electrons. The maximum atomic E-state index is 4.64. The number of rotatable bonds is 6. The van der Waals surface area contributed by atoms with E-state index < -0.39 is 0 Å². The number of hydrogen-bond acceptors (Lipinski definition) is 3. The van der Waals surface area contributed by atoms with E-state index in [0.717, 1.165) is 18.2 Å². The summed E-state index contributed by atoms with van der Waals surface area (Å²) in [4.78, 5) is 8.94. The van der Waals surface area contributed by atoms with Crippen molar-refractivity contribution in [2.24, 2.45) is 4.99 Å². The fourth-order valence-electron chi connectivity index (χ4n) is 2.33. The topological polar surface area (TPSA) is 49.3 Å². The Morgan fingerprint density at radius 2 is 1.84 bits per heavy atom. The summed E-state index contributed by atoms with van der Waals surface area (Å²) in [5.41, 5.74) is 3.70. The molecule has 1 atom stereocenters. The van der Waals surface area contributed by atoms with E-state index in [4.69, 9.17) is 0 Å². The summed E-state index contributed by atoms with van der Waals surface area (Å²) in [5, 5.41) is 10.0. The summed E-state index contributed by atoms with van der Waals surface area (Å²) < 4.78 is 0. The molecule has 0 amide bonds. The normalized spacial score (nSPS) is 12.6. The van der Waals surface area contributed by atoms with E-state index in [1.807, 2.05) is 0 Å². The average molecular weight is 472 g/mol. The summed E-state index contributed by atoms with van der Waals surface area (Å²) in [5.74, 6) is 1.72. The highest BCUT2D eigenvalue weighted by atomic mass is 127. The SMILES string of the molecule is CN=C(NCc1csc(C(C)C)n1)NCC(C)c1ccc(C)cc1.I. The van der Waals surface area contributed by atoms with Crippen molar-refractivity contribution < 1.29 is 0 Å². The molecule has 0 aliphatic heterocycles. The third kappa shape index (κ3) is 6.93. The molecule has 1 heterocycles. The smallest absolute Gasteiger partial charge is 0.191 e. The molecular weight excluding hydrogens is 443 g/mol. The van der Waals surface area contributed by atoms with E-state index in [-0.39, 0.29) is 24.0 Å². The van der Waals surface area contributed by atoms with Crippen LogP contribution in [-0.2, 0) is 6.54 Å². The summed E-state index contributed by atoms with van der Waals surface area (Å²) in [6.45, 7) is 10.2. The van der Waals surface area contributed by atoms with Gasteiger partial charge in [0, 0.05) is 24.9 Å². The van der Waals surface area contributed by atoms with Crippen molar-refractivity contribution in [3.05, 3.63) is 51.5 Å². The number of halogens is 1. The third-order valence-electron chi connectivity index (χ3n) is 3.95. The molecule has 25 heavy (non-hydrogen) atoms. The van der Waals surface area contributed by atoms with Gasteiger partial charge < -0.3 is 10.6 Å². The Bertz CT molecular complexity index is 664. The molecule has 6 heteroatoms. The van der Waals surface area contributed by atoms with Crippen molar-refractivity contribution in [3.63, 3.8) is 0 Å². The average Bonchev–Trinajstić information content (AvgIpc) is 3.04. The molecule has 0 saturated heterocycles. The van der Waals surface area contributed by atoms with Crippen LogP contribution >= 0.6 is 35.3 Å². The van der Waals surface area contributed by atoms with Crippen LogP contribution in [0.5, 0.6) is 0 Å². The number of nitrogens with zero attached hydrogens (tertiary/aromatic N) is 2. The van der Waals surface area contributed by atoms with E-state index in [1.54, 1.807) is 18.4 Å². The van der Waals surface area contributed by atoms with Crippen LogP contribution in [-0.4, -0.2) is 24.5 Å². The van der Waals surface area contributed by atoms with E-state index in [2.05, 4.69) is 78.0 Å². The van der Waals surface area contributed by atoms with E-state index in [0.29, 0.717) is 18.4 Å². The minimum atomic E-state index is 0. The molecule has 0 bridgehead atoms. The molecule has 0 aliphatic rings. The fourth-order valence-corrected chi connectivity index (χ4v) is 3.16. The molecule has 0 spiro atoms. The largest absolute Gasteiger partial charge is 0.356 e. The van der Waals surface area contributed by atoms with Crippen LogP contribution in [0.25, 0.3) is 0 Å². The van der Waals surface area contributed by atoms with Gasteiger partial charge in [-0.05, 0) is 18.4 Å². The van der Waals surface area contributed by atoms with E-state index in [1.165, 1.54) is 16.1 Å². The van der Waals surface area contributed by atoms with E-state index in [9.17, 15) is 0 Å². The van der Waals surface area contributed by atoms with Crippen LogP contribution in [0, 0.1) is 6.92 Å². The van der Waals surface area contributed by atoms with Crippen molar-refractivity contribution in [1.82, 2.24) is 15.6 Å². The lowest BCUT2D eigenvalue weighted by Crippen LogP contribution is -2.38. The molecule has 2 rings (SSSR count). The van der Waals surface area contributed by atoms with Crippen molar-refractivity contribution in [2.75, 3.05) is 13.6 Å². The Morgan fingerprint density at radius 3 is 2.40 bits per heavy atom. The quantitative estimate of drug-likeness (QED) is 0.365. The first-order chi connectivity index (χ1) is 11.5. The van der Waals surface area contributed by atoms with Gasteiger partial charge in [0.15, 0.2) is 5.96 Å². The Kier molecular flexibility index (Phi) is 9.42. The molecule has 0 fully saturated rings. The molecule has 2 aromatic rings. The maximum Gasteiger partial charge on any atom is 0.191 e. The zero-order valence-corrected chi connectivity index (χ0v) is 18.8. The third-order valence-corrected chi connectivity index (χ3v) is 5.14. The van der Waals surface area contributed by atoms with Crippen LogP contribution in [0.3, 0.4) is 0 Å². The zero-order valence-electron chi connectivity index (χ0n) is 15.7. The van der Waals surface area contributed by atoms with E-state index >= 15 is 0 Å². The van der Waals surface area contributed by atoms with Gasteiger partial charge in [0.1, 0.15) is 0 Å². The lowest BCUT2D eigenvalue weighted by atomic mass is 10.0. The molecule has 0 aliphatic carbocycles. The minimum absolute atomic E-state index is 0. The first kappa shape index (κ1) is 21.9. The van der Waals surface area contributed by atoms with Crippen molar-refractivity contribution in [1.29, 1.82) is 0 Å². The minimum Gasteiger partial charge on any atom is -0.356 e. The molecule has 4 nitrogen and oxygen atoms in total. The molecular formula is C19H29IN4S. The molecule has 1 unspecified atom stereocenters. The van der Waals surface area contributed by atoms with Crippen LogP contribution < -0.4 is 10.6 Å². The second-order valence-corrected chi connectivity index (χ2v) is 7.34. The predicted octanol–water partition coefficient (Wildman–Crippen LogP) is 4.66. The summed E-state index contributed by atoms with van der Waals surface area (Å²) >= 11 is 1.72. The number of aryl methyl sites for hydroxylation is 1. The number of thiazole rings is 1. The van der Waals surface area contributed by atoms with Crippen LogP contribution in [0.1, 0.15) is 54.4 Å². The highest BCUT2D eigenvalue weighted by Crippen LogP contribution is 2.19. The van der Waals surface area contributed by atoms with Gasteiger partial charge in [0.25, 0.3) is 0 Å². The molecule has 0 saturated carbocycles. The second kappa shape index (κ2) is 10.8. The van der Waals surface area contributed by atoms with Gasteiger partial charge in [-0.15, -0.1) is 35.3 Å². The van der Waals surface area contributed by atoms with Gasteiger partial charge >= 0.3 is 0 Å². The molecule has 1 aromatic heterocycles. The molecule has 138 valence electrons. The van der Waals surface area contributed by atoms with Gasteiger partial charge in [0.2, 0.25) is 0 Å². The number of guanidine groups is 1. The molecule has 2 N–H and O–H groups in total. The van der Waals surface area contributed by atoms with Crippen LogP contribution in [0.15, 0.2) is 34.6 Å². The number of aliphatic imine (C=N–C) groups is 1. The second-order valence-electron chi connectivity index (χ2n) is 6.45. The number of aromatic nitrogens is 1. The predicted molar refractivity (Wildman–Crippen MR) is 119 cm³/mol. The Labute approximate surface area is 172 Å². The highest BCUT2D eigenvalue weighted by molar-refractivity contribution is 14.0. The van der Waals surface area contributed by atoms with Crippen molar-refractivity contribution >= 4 is 41.3 Å². The number of benzene rings is 1. The van der Waals surface area contributed by atoms with Gasteiger partial charge in [-0.1, -0.05) is 50.6 Å². The Balaban J connectivity index is 0.00000312. The fraction of sp³-hybridized carbons (Fsp3) is 0.474. The van der Waals surface area contributed by atoms with Crippen molar-refractivity contribution in [2.45, 2.75) is 46.1 Å². The zero-order chi connectivity index (χ0) is 17.5. The van der Waals surface area contributed by atoms with Crippen LogP contribution in [0.2, 0.25) is 0 Å². The number of hydrogen-bond donors (Lipinski definition) is 2. The van der Waals surface area contributed by atoms with Gasteiger partial charge in [0.05, 0.1) is 17.2 Å². The number of nitrogens with one attached hydrogen (secondary N) is 2. The van der Waals surface area contributed by atoms with Crippen molar-refractivity contribution in [3.8, 4) is 0 Å². The summed E-state index contributed by atoms with van der Waals surface area (Å²) in [7, 11) is 1.80. The monoisotopic (exact) mass is 472 g/mol. The maximum absolute atomic E-state index is 4.64. The lowest BCUT2D eigenvalue weighted by Gasteiger charge is -2.16. The first-order valence-electron chi connectivity index (χ1n) is 8.45. The van der Waals surface area contributed by atoms with Gasteiger partial charge in [-0.2, -0.15) is 0 Å². The Morgan fingerprint density at radius 1 is 1.16 bits per heavy atom. The summed E-state index contributed by atoms with van der Waals surface area (Å²) in [6.07, 6.45) is 0. The summed E-state index contributed by atoms with van der Waals surface area (Å²) in [6, 6.07) is 8.71. The standard InChI is InChI=1S/C19H28N4S.HI/c1-13(2)18-23-17(12-24-18)11-22-19(20-5)21-10-15(4)16-8-6-14(3)7-9-16;/h6-9,12-13,15H,10-11H2,1-5H3,(H2,20,21,22);1H. The lowest BCUT2D eigenvalue weighted by molar-refractivity contribution is 0.696. The highest BCUT2D eigenvalue weighted by Gasteiger charge is 2.08. The van der Waals surface area contributed by atoms with Crippen LogP contribution in [0.4, 0.5) is 0 Å². The first-order valence-corrected chi connectivity index (χ1v) is 9.33. The molecule has 1 aromatic carbocycles. The van der Waals surface area contributed by atoms with Gasteiger partial charge in [-0.25, -0.2) is 4.98 Å². The Hall–Kier alpha value is -1.15.